The minimum absolute atomic E-state index is 0.242. The van der Waals surface area contributed by atoms with Crippen molar-refractivity contribution < 1.29 is 4.79 Å². The molecule has 4 heterocycles. The number of hydrogen-bond donors (Lipinski definition) is 0. The van der Waals surface area contributed by atoms with Crippen molar-refractivity contribution in [2.75, 3.05) is 26.2 Å². The van der Waals surface area contributed by atoms with Crippen molar-refractivity contribution >= 4 is 5.91 Å². The van der Waals surface area contributed by atoms with Gasteiger partial charge in [-0.2, -0.15) is 0 Å². The predicted octanol–water partition coefficient (Wildman–Crippen LogP) is 1.62. The molecule has 2 bridgehead atoms. The molecule has 27 heavy (non-hydrogen) atoms. The molecule has 1 aromatic carbocycles. The number of hydrogen-bond acceptors (Lipinski definition) is 5. The van der Waals surface area contributed by atoms with Crippen molar-refractivity contribution in [3.8, 4) is 0 Å². The molecule has 7 nitrogen and oxygen atoms in total. The number of aryl methyl sites for hydroxylation is 2. The maximum atomic E-state index is 12.8. The van der Waals surface area contributed by atoms with Crippen LogP contribution in [0.5, 0.6) is 0 Å². The van der Waals surface area contributed by atoms with E-state index in [1.54, 1.807) is 11.0 Å². The van der Waals surface area contributed by atoms with Crippen LogP contribution in [0.4, 0.5) is 0 Å². The van der Waals surface area contributed by atoms with Crippen molar-refractivity contribution in [1.82, 2.24) is 30.0 Å². The first-order valence-electron chi connectivity index (χ1n) is 10.0. The fourth-order valence-corrected chi connectivity index (χ4v) is 4.46. The van der Waals surface area contributed by atoms with Crippen molar-refractivity contribution in [2.45, 2.75) is 44.7 Å². The van der Waals surface area contributed by atoms with E-state index in [4.69, 9.17) is 0 Å². The molecule has 3 saturated heterocycles. The van der Waals surface area contributed by atoms with Gasteiger partial charge in [0.2, 0.25) is 5.91 Å². The fourth-order valence-electron chi connectivity index (χ4n) is 4.46. The Morgan fingerprint density at radius 3 is 2.78 bits per heavy atom. The molecular formula is C20H28N6O. The van der Waals surface area contributed by atoms with E-state index in [0.717, 1.165) is 39.0 Å². The lowest BCUT2D eigenvalue weighted by Gasteiger charge is -2.36. The molecule has 0 unspecified atom stereocenters. The maximum absolute atomic E-state index is 12.8. The van der Waals surface area contributed by atoms with E-state index >= 15 is 0 Å². The summed E-state index contributed by atoms with van der Waals surface area (Å²) in [7, 11) is 0. The minimum Gasteiger partial charge on any atom is -0.338 e. The fraction of sp³-hybridized carbons (Fsp3) is 0.600. The standard InChI is InChI=1S/C20H28N6O/c27-20(10-12-25-16-21-22-23-25)26-14-18-8-9-19(26)15-24(13-18)11-4-7-17-5-2-1-3-6-17/h1-3,5-6,16,18-19H,4,7-15H2/t18-,19+/m1/s1. The molecule has 3 aliphatic rings. The molecule has 0 saturated carbocycles. The molecule has 3 fully saturated rings. The Kier molecular flexibility index (Phi) is 5.77. The van der Waals surface area contributed by atoms with Gasteiger partial charge in [0.15, 0.2) is 0 Å². The first-order valence-corrected chi connectivity index (χ1v) is 10.0. The second-order valence-electron chi connectivity index (χ2n) is 7.81. The number of amides is 1. The number of tetrazole rings is 1. The number of nitrogens with zero attached hydrogens (tertiary/aromatic N) is 6. The Bertz CT molecular complexity index is 719. The summed E-state index contributed by atoms with van der Waals surface area (Å²) in [5, 5.41) is 11.1. The van der Waals surface area contributed by atoms with Crippen LogP contribution in [-0.2, 0) is 17.8 Å². The van der Waals surface area contributed by atoms with Crippen LogP contribution in [0.3, 0.4) is 0 Å². The summed E-state index contributed by atoms with van der Waals surface area (Å²) in [6.07, 6.45) is 6.73. The normalized spacial score (nSPS) is 22.7. The molecule has 0 spiro atoms. The van der Waals surface area contributed by atoms with E-state index in [1.807, 2.05) is 0 Å². The largest absolute Gasteiger partial charge is 0.338 e. The Morgan fingerprint density at radius 1 is 1.07 bits per heavy atom. The van der Waals surface area contributed by atoms with Gasteiger partial charge in [-0.3, -0.25) is 4.79 Å². The summed E-state index contributed by atoms with van der Waals surface area (Å²) >= 11 is 0. The molecule has 0 radical (unpaired) electrons. The quantitative estimate of drug-likeness (QED) is 0.743. The third kappa shape index (κ3) is 4.71. The monoisotopic (exact) mass is 368 g/mol. The van der Waals surface area contributed by atoms with Crippen molar-refractivity contribution in [3.63, 3.8) is 0 Å². The SMILES string of the molecule is O=C(CCn1cnnn1)N1C[C@@H]2CC[C@H]1CN(CCCc1ccccc1)C2. The van der Waals surface area contributed by atoms with Gasteiger partial charge in [0.05, 0.1) is 6.54 Å². The summed E-state index contributed by atoms with van der Waals surface area (Å²) in [4.78, 5) is 17.5. The Balaban J connectivity index is 1.28. The number of carbonyl (C=O) groups excluding carboxylic acids is 1. The van der Waals surface area contributed by atoms with Crippen LogP contribution in [0.15, 0.2) is 36.7 Å². The summed E-state index contributed by atoms with van der Waals surface area (Å²) < 4.78 is 1.63. The Labute approximate surface area is 160 Å². The average Bonchev–Trinajstić information content (AvgIpc) is 3.06. The van der Waals surface area contributed by atoms with Gasteiger partial charge >= 0.3 is 0 Å². The highest BCUT2D eigenvalue weighted by molar-refractivity contribution is 5.76. The number of aromatic nitrogens is 4. The highest BCUT2D eigenvalue weighted by Crippen LogP contribution is 2.28. The van der Waals surface area contributed by atoms with Crippen molar-refractivity contribution in [1.29, 1.82) is 0 Å². The van der Waals surface area contributed by atoms with Gasteiger partial charge in [-0.05, 0) is 54.1 Å². The van der Waals surface area contributed by atoms with Crippen LogP contribution in [0.2, 0.25) is 0 Å². The Morgan fingerprint density at radius 2 is 1.96 bits per heavy atom. The van der Waals surface area contributed by atoms with E-state index in [2.05, 4.69) is 55.7 Å². The first-order chi connectivity index (χ1) is 13.3. The van der Waals surface area contributed by atoms with Gasteiger partial charge in [0.1, 0.15) is 6.33 Å². The predicted molar refractivity (Wildman–Crippen MR) is 102 cm³/mol. The maximum Gasteiger partial charge on any atom is 0.224 e. The van der Waals surface area contributed by atoms with Crippen LogP contribution in [0.1, 0.15) is 31.2 Å². The topological polar surface area (TPSA) is 67.2 Å². The minimum atomic E-state index is 0.242. The number of carbonyl (C=O) groups is 1. The third-order valence-electron chi connectivity index (χ3n) is 5.84. The number of piperidine rings is 1. The van der Waals surface area contributed by atoms with Crippen molar-refractivity contribution in [2.24, 2.45) is 5.92 Å². The smallest absolute Gasteiger partial charge is 0.224 e. The number of benzene rings is 1. The first kappa shape index (κ1) is 18.1. The van der Waals surface area contributed by atoms with Gasteiger partial charge in [0, 0.05) is 32.1 Å². The van der Waals surface area contributed by atoms with E-state index in [9.17, 15) is 4.79 Å². The molecule has 0 aliphatic carbocycles. The highest BCUT2D eigenvalue weighted by atomic mass is 16.2. The lowest BCUT2D eigenvalue weighted by Crippen LogP contribution is -2.47. The molecule has 1 amide bonds. The summed E-state index contributed by atoms with van der Waals surface area (Å²) in [6, 6.07) is 11.1. The lowest BCUT2D eigenvalue weighted by molar-refractivity contribution is -0.135. The molecular weight excluding hydrogens is 340 g/mol. The van der Waals surface area contributed by atoms with Crippen LogP contribution in [0.25, 0.3) is 0 Å². The Hall–Kier alpha value is -2.28. The van der Waals surface area contributed by atoms with E-state index in [1.165, 1.54) is 18.4 Å². The van der Waals surface area contributed by atoms with E-state index in [0.29, 0.717) is 24.9 Å². The molecule has 3 aliphatic heterocycles. The van der Waals surface area contributed by atoms with E-state index in [-0.39, 0.29) is 5.91 Å². The second kappa shape index (κ2) is 8.61. The molecule has 2 atom stereocenters. The third-order valence-corrected chi connectivity index (χ3v) is 5.84. The molecule has 7 heteroatoms. The molecule has 2 aromatic rings. The summed E-state index contributed by atoms with van der Waals surface area (Å²) in [5.74, 6) is 0.851. The average molecular weight is 368 g/mol. The van der Waals surface area contributed by atoms with Crippen LogP contribution in [-0.4, -0.2) is 68.1 Å². The van der Waals surface area contributed by atoms with Gasteiger partial charge in [-0.1, -0.05) is 30.3 Å². The second-order valence-corrected chi connectivity index (χ2v) is 7.81. The zero-order valence-electron chi connectivity index (χ0n) is 15.8. The van der Waals surface area contributed by atoms with Crippen molar-refractivity contribution in [3.05, 3.63) is 42.2 Å². The molecule has 5 rings (SSSR count). The van der Waals surface area contributed by atoms with Gasteiger partial charge in [-0.15, -0.1) is 5.10 Å². The lowest BCUT2D eigenvalue weighted by atomic mass is 9.94. The van der Waals surface area contributed by atoms with Gasteiger partial charge in [-0.25, -0.2) is 4.68 Å². The zero-order valence-corrected chi connectivity index (χ0v) is 15.8. The van der Waals surface area contributed by atoms with Crippen LogP contribution < -0.4 is 0 Å². The molecule has 0 N–H and O–H groups in total. The van der Waals surface area contributed by atoms with Gasteiger partial charge < -0.3 is 9.80 Å². The zero-order chi connectivity index (χ0) is 18.5. The number of rotatable bonds is 7. The molecule has 1 aromatic heterocycles. The summed E-state index contributed by atoms with van der Waals surface area (Å²) in [6.45, 7) is 4.73. The van der Waals surface area contributed by atoms with Gasteiger partial charge in [0.25, 0.3) is 0 Å². The summed E-state index contributed by atoms with van der Waals surface area (Å²) in [5.41, 5.74) is 1.41. The van der Waals surface area contributed by atoms with Crippen LogP contribution >= 0.6 is 0 Å². The van der Waals surface area contributed by atoms with Crippen LogP contribution in [0, 0.1) is 5.92 Å². The number of fused-ring (bicyclic) bond motifs is 4. The molecule has 144 valence electrons. The highest BCUT2D eigenvalue weighted by Gasteiger charge is 2.36. The van der Waals surface area contributed by atoms with E-state index < -0.39 is 0 Å².